The second kappa shape index (κ2) is 12.4. The number of aromatic nitrogens is 3. The van der Waals surface area contributed by atoms with E-state index < -0.39 is 18.9 Å². The summed E-state index contributed by atoms with van der Waals surface area (Å²) < 4.78 is 61.4. The highest BCUT2D eigenvalue weighted by molar-refractivity contribution is 7.70. The van der Waals surface area contributed by atoms with Crippen LogP contribution < -0.4 is 15.9 Å². The van der Waals surface area contributed by atoms with Crippen molar-refractivity contribution < 1.29 is 22.5 Å². The number of benzene rings is 1. The van der Waals surface area contributed by atoms with Crippen LogP contribution in [-0.2, 0) is 15.5 Å². The molecule has 1 saturated carbocycles. The van der Waals surface area contributed by atoms with E-state index in [2.05, 4.69) is 32.5 Å². The normalized spacial score (nSPS) is 15.8. The van der Waals surface area contributed by atoms with Crippen molar-refractivity contribution in [3.05, 3.63) is 35.7 Å². The summed E-state index contributed by atoms with van der Waals surface area (Å²) in [4.78, 5) is 11.5. The van der Waals surface area contributed by atoms with Crippen LogP contribution in [0.15, 0.2) is 24.5 Å². The van der Waals surface area contributed by atoms with Crippen molar-refractivity contribution in [3.63, 3.8) is 0 Å². The van der Waals surface area contributed by atoms with Crippen molar-refractivity contribution in [2.75, 3.05) is 45.5 Å². The minimum absolute atomic E-state index is 0.101. The summed E-state index contributed by atoms with van der Waals surface area (Å²) in [5.74, 6) is 0.294. The molecule has 1 fully saturated rings. The molecule has 214 valence electrons. The van der Waals surface area contributed by atoms with Gasteiger partial charge < -0.3 is 24.9 Å². The zero-order valence-electron chi connectivity index (χ0n) is 23.1. The molecule has 1 aliphatic carbocycles. The van der Waals surface area contributed by atoms with Crippen LogP contribution in [0.5, 0.6) is 0 Å². The Kier molecular flexibility index (Phi) is 9.40. The van der Waals surface area contributed by atoms with E-state index in [-0.39, 0.29) is 23.6 Å². The molecular formula is C28H39F3N5O2P. The molecule has 1 aliphatic rings. The van der Waals surface area contributed by atoms with Gasteiger partial charge in [-0.2, -0.15) is 13.2 Å². The van der Waals surface area contributed by atoms with Crippen LogP contribution in [0.1, 0.15) is 62.5 Å². The lowest BCUT2D eigenvalue weighted by Gasteiger charge is -2.20. The van der Waals surface area contributed by atoms with Crippen molar-refractivity contribution in [2.45, 2.75) is 63.6 Å². The molecule has 0 bridgehead atoms. The van der Waals surface area contributed by atoms with E-state index in [9.17, 15) is 17.7 Å². The van der Waals surface area contributed by atoms with Crippen LogP contribution >= 0.6 is 7.14 Å². The van der Waals surface area contributed by atoms with E-state index in [0.29, 0.717) is 35.0 Å². The number of nitrogens with zero attached hydrogens (tertiary/aromatic N) is 2. The highest BCUT2D eigenvalue weighted by Crippen LogP contribution is 2.44. The second-order valence-corrected chi connectivity index (χ2v) is 14.0. The van der Waals surface area contributed by atoms with E-state index in [4.69, 9.17) is 4.74 Å². The standard InChI is InChI=1S/C28H39F3N5O2P/c1-18(8-7-14-38-15-13-32-2)20-11-12-21-22(16-33-25(21)26(20)39(3,4)37)24-23(28(29,30)31)17-34-27(36-24)35-19-9-5-6-10-19/h11-12,16-19,32-33H,5-10,13-15H2,1-4H3,(H,34,35,36). The zero-order valence-corrected chi connectivity index (χ0v) is 24.0. The summed E-state index contributed by atoms with van der Waals surface area (Å²) in [5.41, 5.74) is 0.790. The van der Waals surface area contributed by atoms with Gasteiger partial charge in [-0.25, -0.2) is 9.97 Å². The summed E-state index contributed by atoms with van der Waals surface area (Å²) in [6.07, 6.45) is 3.52. The van der Waals surface area contributed by atoms with E-state index in [0.717, 1.165) is 56.8 Å². The number of nitrogens with one attached hydrogen (secondary N) is 3. The maximum atomic E-state index is 14.1. The molecule has 39 heavy (non-hydrogen) atoms. The van der Waals surface area contributed by atoms with Gasteiger partial charge in [-0.15, -0.1) is 0 Å². The summed E-state index contributed by atoms with van der Waals surface area (Å²) in [7, 11) is -0.921. The van der Waals surface area contributed by atoms with E-state index in [1.807, 2.05) is 19.2 Å². The molecule has 2 aromatic heterocycles. The molecule has 4 rings (SSSR count). The zero-order chi connectivity index (χ0) is 28.2. The van der Waals surface area contributed by atoms with Gasteiger partial charge in [0, 0.05) is 47.8 Å². The summed E-state index contributed by atoms with van der Waals surface area (Å²) in [6.45, 7) is 7.57. The van der Waals surface area contributed by atoms with Crippen LogP contribution in [0.3, 0.4) is 0 Å². The van der Waals surface area contributed by atoms with Gasteiger partial charge in [0.2, 0.25) is 5.95 Å². The fourth-order valence-corrected chi connectivity index (χ4v) is 7.05. The molecule has 1 unspecified atom stereocenters. The Bertz CT molecular complexity index is 1310. The monoisotopic (exact) mass is 565 g/mol. The Morgan fingerprint density at radius 3 is 2.62 bits per heavy atom. The molecule has 0 amide bonds. The first kappa shape index (κ1) is 29.6. The van der Waals surface area contributed by atoms with Crippen molar-refractivity contribution >= 4 is 29.3 Å². The topological polar surface area (TPSA) is 91.9 Å². The Morgan fingerprint density at radius 2 is 1.95 bits per heavy atom. The predicted octanol–water partition coefficient (Wildman–Crippen LogP) is 6.37. The molecule has 0 radical (unpaired) electrons. The fraction of sp³-hybridized carbons (Fsp3) is 0.571. The lowest BCUT2D eigenvalue weighted by molar-refractivity contribution is -0.137. The third kappa shape index (κ3) is 7.02. The number of hydrogen-bond donors (Lipinski definition) is 3. The highest BCUT2D eigenvalue weighted by atomic mass is 31.2. The second-order valence-electron chi connectivity index (χ2n) is 10.8. The molecule has 1 aromatic carbocycles. The third-order valence-electron chi connectivity index (χ3n) is 7.39. The molecule has 7 nitrogen and oxygen atoms in total. The number of anilines is 1. The van der Waals surface area contributed by atoms with Crippen molar-refractivity contribution in [2.24, 2.45) is 0 Å². The van der Waals surface area contributed by atoms with E-state index >= 15 is 0 Å². The maximum Gasteiger partial charge on any atom is 0.419 e. The predicted molar refractivity (Wildman–Crippen MR) is 152 cm³/mol. The summed E-state index contributed by atoms with van der Waals surface area (Å²) in [5, 5.41) is 7.50. The SMILES string of the molecule is CNCCOCCCC(C)c1ccc2c(-c3nc(NC4CCCC4)ncc3C(F)(F)F)c[nH]c2c1P(C)(C)=O. The van der Waals surface area contributed by atoms with E-state index in [1.165, 1.54) is 0 Å². The Morgan fingerprint density at radius 1 is 1.21 bits per heavy atom. The molecular weight excluding hydrogens is 526 g/mol. The lowest BCUT2D eigenvalue weighted by atomic mass is 9.94. The van der Waals surface area contributed by atoms with Crippen molar-refractivity contribution in [1.82, 2.24) is 20.3 Å². The van der Waals surface area contributed by atoms with Crippen molar-refractivity contribution in [1.29, 1.82) is 0 Å². The number of hydrogen-bond acceptors (Lipinski definition) is 6. The molecule has 3 aromatic rings. The summed E-state index contributed by atoms with van der Waals surface area (Å²) in [6, 6.07) is 3.89. The first-order valence-electron chi connectivity index (χ1n) is 13.6. The van der Waals surface area contributed by atoms with E-state index in [1.54, 1.807) is 19.5 Å². The average Bonchev–Trinajstić information content (AvgIpc) is 3.54. The van der Waals surface area contributed by atoms with Gasteiger partial charge in [0.25, 0.3) is 0 Å². The number of aromatic amines is 1. The van der Waals surface area contributed by atoms with Gasteiger partial charge in [0.05, 0.1) is 17.8 Å². The molecule has 0 saturated heterocycles. The van der Waals surface area contributed by atoms with Crippen molar-refractivity contribution in [3.8, 4) is 11.3 Å². The Labute approximate surface area is 228 Å². The number of fused-ring (bicyclic) bond motifs is 1. The van der Waals surface area contributed by atoms with Crippen LogP contribution in [-0.4, -0.2) is 61.1 Å². The maximum absolute atomic E-state index is 14.1. The first-order chi connectivity index (χ1) is 18.5. The van der Waals surface area contributed by atoms with Crippen LogP contribution in [0.2, 0.25) is 0 Å². The molecule has 0 spiro atoms. The van der Waals surface area contributed by atoms with Gasteiger partial charge in [-0.3, -0.25) is 0 Å². The smallest absolute Gasteiger partial charge is 0.380 e. The minimum Gasteiger partial charge on any atom is -0.380 e. The number of rotatable bonds is 12. The van der Waals surface area contributed by atoms with Gasteiger partial charge in [-0.1, -0.05) is 31.9 Å². The number of ether oxygens (including phenoxy) is 1. The number of H-pyrrole nitrogens is 1. The fourth-order valence-electron chi connectivity index (χ4n) is 5.41. The molecule has 3 N–H and O–H groups in total. The number of alkyl halides is 3. The first-order valence-corrected chi connectivity index (χ1v) is 16.2. The summed E-state index contributed by atoms with van der Waals surface area (Å²) >= 11 is 0. The molecule has 2 heterocycles. The number of halogens is 3. The van der Waals surface area contributed by atoms with Gasteiger partial charge >= 0.3 is 6.18 Å². The molecule has 1 atom stereocenters. The Balaban J connectivity index is 1.72. The van der Waals surface area contributed by atoms with Crippen LogP contribution in [0.4, 0.5) is 19.1 Å². The van der Waals surface area contributed by atoms with Gasteiger partial charge in [0.15, 0.2) is 0 Å². The van der Waals surface area contributed by atoms with Crippen LogP contribution in [0.25, 0.3) is 22.2 Å². The molecule has 0 aliphatic heterocycles. The highest BCUT2D eigenvalue weighted by Gasteiger charge is 2.37. The largest absolute Gasteiger partial charge is 0.419 e. The van der Waals surface area contributed by atoms with Gasteiger partial charge in [0.1, 0.15) is 12.7 Å². The minimum atomic E-state index is -4.62. The quantitative estimate of drug-likeness (QED) is 0.175. The van der Waals surface area contributed by atoms with Gasteiger partial charge in [-0.05, 0) is 57.5 Å². The number of likely N-dealkylation sites (N-methyl/N-ethyl adjacent to an activating group) is 1. The Hall–Kier alpha value is -2.42. The third-order valence-corrected chi connectivity index (χ3v) is 8.95. The van der Waals surface area contributed by atoms with Crippen LogP contribution in [0, 0.1) is 0 Å². The molecule has 11 heteroatoms. The average molecular weight is 566 g/mol. The lowest BCUT2D eigenvalue weighted by Crippen LogP contribution is -2.18.